The van der Waals surface area contributed by atoms with Crippen LogP contribution in [0.15, 0.2) is 28.8 Å². The molecule has 22 heavy (non-hydrogen) atoms. The highest BCUT2D eigenvalue weighted by Crippen LogP contribution is 2.29. The number of hydrogen-bond donors (Lipinski definition) is 1. The largest absolute Gasteiger partial charge is 0.338 e. The fourth-order valence-electron chi connectivity index (χ4n) is 2.65. The maximum atomic E-state index is 12.9. The average Bonchev–Trinajstić information content (AvgIpc) is 3.08. The average molecular weight is 327 g/mol. The summed E-state index contributed by atoms with van der Waals surface area (Å²) in [5.41, 5.74) is 6.74. The van der Waals surface area contributed by atoms with Crippen LogP contribution >= 0.6 is 12.4 Å². The van der Waals surface area contributed by atoms with E-state index in [-0.39, 0.29) is 23.6 Å². The van der Waals surface area contributed by atoms with Gasteiger partial charge < -0.3 is 10.3 Å². The SMILES string of the molecule is CC1(CN)CCN(Cc2nc(-c3ccc(F)cc3)no2)C1.Cl. The summed E-state index contributed by atoms with van der Waals surface area (Å²) in [5.74, 6) is 0.794. The molecular formula is C15H20ClFN4O. The zero-order valence-corrected chi connectivity index (χ0v) is 13.3. The van der Waals surface area contributed by atoms with Gasteiger partial charge in [0, 0.05) is 12.1 Å². The number of hydrogen-bond acceptors (Lipinski definition) is 5. The van der Waals surface area contributed by atoms with Gasteiger partial charge in [0.25, 0.3) is 0 Å². The van der Waals surface area contributed by atoms with Gasteiger partial charge in [-0.2, -0.15) is 4.98 Å². The van der Waals surface area contributed by atoms with Gasteiger partial charge in [0.15, 0.2) is 0 Å². The molecule has 1 aliphatic rings. The molecule has 5 nitrogen and oxygen atoms in total. The van der Waals surface area contributed by atoms with Gasteiger partial charge in [-0.15, -0.1) is 12.4 Å². The minimum absolute atomic E-state index is 0. The molecule has 0 amide bonds. The smallest absolute Gasteiger partial charge is 0.241 e. The second-order valence-electron chi connectivity index (χ2n) is 5.99. The quantitative estimate of drug-likeness (QED) is 0.934. The molecule has 0 aliphatic carbocycles. The van der Waals surface area contributed by atoms with Crippen molar-refractivity contribution in [3.05, 3.63) is 36.0 Å². The Labute approximate surface area is 135 Å². The topological polar surface area (TPSA) is 68.2 Å². The van der Waals surface area contributed by atoms with E-state index in [1.165, 1.54) is 12.1 Å². The molecule has 0 bridgehead atoms. The van der Waals surface area contributed by atoms with E-state index in [9.17, 15) is 4.39 Å². The summed E-state index contributed by atoms with van der Waals surface area (Å²) >= 11 is 0. The Morgan fingerprint density at radius 1 is 1.36 bits per heavy atom. The third kappa shape index (κ3) is 3.63. The molecule has 7 heteroatoms. The zero-order chi connectivity index (χ0) is 14.9. The highest BCUT2D eigenvalue weighted by atomic mass is 35.5. The fraction of sp³-hybridized carbons (Fsp3) is 0.467. The summed E-state index contributed by atoms with van der Waals surface area (Å²) in [4.78, 5) is 6.65. The van der Waals surface area contributed by atoms with Crippen LogP contribution in [-0.2, 0) is 6.54 Å². The molecule has 1 aliphatic heterocycles. The van der Waals surface area contributed by atoms with E-state index < -0.39 is 0 Å². The highest BCUT2D eigenvalue weighted by Gasteiger charge is 2.33. The number of likely N-dealkylation sites (tertiary alicyclic amines) is 1. The molecule has 0 spiro atoms. The molecule has 0 radical (unpaired) electrons. The molecule has 1 unspecified atom stereocenters. The second-order valence-corrected chi connectivity index (χ2v) is 5.99. The molecule has 1 fully saturated rings. The van der Waals surface area contributed by atoms with Gasteiger partial charge in [0.2, 0.25) is 11.7 Å². The van der Waals surface area contributed by atoms with Crippen molar-refractivity contribution in [3.8, 4) is 11.4 Å². The summed E-state index contributed by atoms with van der Waals surface area (Å²) in [5, 5.41) is 3.95. The number of nitrogens with two attached hydrogens (primary N) is 1. The standard InChI is InChI=1S/C15H19FN4O.ClH/c1-15(9-17)6-7-20(10-15)8-13-18-14(19-21-13)11-2-4-12(16)5-3-11;/h2-5H,6-10,17H2,1H3;1H. The third-order valence-electron chi connectivity index (χ3n) is 4.06. The molecule has 3 rings (SSSR count). The molecule has 2 N–H and O–H groups in total. The van der Waals surface area contributed by atoms with Crippen molar-refractivity contribution in [1.29, 1.82) is 0 Å². The molecule has 1 aromatic heterocycles. The molecule has 2 aromatic rings. The molecule has 1 aromatic carbocycles. The number of benzene rings is 1. The van der Waals surface area contributed by atoms with Gasteiger partial charge in [-0.05, 0) is 49.2 Å². The van der Waals surface area contributed by atoms with Crippen molar-refractivity contribution in [2.24, 2.45) is 11.1 Å². The zero-order valence-electron chi connectivity index (χ0n) is 12.5. The van der Waals surface area contributed by atoms with Crippen LogP contribution < -0.4 is 5.73 Å². The van der Waals surface area contributed by atoms with Gasteiger partial charge in [-0.25, -0.2) is 4.39 Å². The fourth-order valence-corrected chi connectivity index (χ4v) is 2.65. The lowest BCUT2D eigenvalue weighted by Gasteiger charge is -2.21. The Morgan fingerprint density at radius 3 is 2.73 bits per heavy atom. The molecular weight excluding hydrogens is 307 g/mol. The van der Waals surface area contributed by atoms with Crippen molar-refractivity contribution < 1.29 is 8.91 Å². The van der Waals surface area contributed by atoms with E-state index in [1.807, 2.05) is 0 Å². The maximum absolute atomic E-state index is 12.9. The van der Waals surface area contributed by atoms with Crippen LogP contribution in [0.3, 0.4) is 0 Å². The van der Waals surface area contributed by atoms with Crippen molar-refractivity contribution in [3.63, 3.8) is 0 Å². The lowest BCUT2D eigenvalue weighted by Crippen LogP contribution is -2.31. The Morgan fingerprint density at radius 2 is 2.09 bits per heavy atom. The molecule has 1 saturated heterocycles. The van der Waals surface area contributed by atoms with E-state index in [2.05, 4.69) is 22.0 Å². The van der Waals surface area contributed by atoms with Gasteiger partial charge >= 0.3 is 0 Å². The van der Waals surface area contributed by atoms with E-state index in [1.54, 1.807) is 12.1 Å². The predicted octanol–water partition coefficient (Wildman–Crippen LogP) is 2.47. The Hall–Kier alpha value is -1.50. The minimum atomic E-state index is -0.277. The van der Waals surface area contributed by atoms with Crippen molar-refractivity contribution in [1.82, 2.24) is 15.0 Å². The van der Waals surface area contributed by atoms with Gasteiger partial charge in [-0.1, -0.05) is 12.1 Å². The van der Waals surface area contributed by atoms with Crippen LogP contribution in [0.25, 0.3) is 11.4 Å². The molecule has 2 heterocycles. The van der Waals surface area contributed by atoms with E-state index >= 15 is 0 Å². The lowest BCUT2D eigenvalue weighted by atomic mass is 9.90. The van der Waals surface area contributed by atoms with Crippen LogP contribution in [0.4, 0.5) is 4.39 Å². The summed E-state index contributed by atoms with van der Waals surface area (Å²) in [6.07, 6.45) is 1.09. The van der Waals surface area contributed by atoms with Crippen LogP contribution in [0.1, 0.15) is 19.2 Å². The number of halogens is 2. The molecule has 120 valence electrons. The molecule has 0 saturated carbocycles. The van der Waals surface area contributed by atoms with Crippen molar-refractivity contribution in [2.45, 2.75) is 19.9 Å². The predicted molar refractivity (Wildman–Crippen MR) is 84.0 cm³/mol. The number of nitrogens with zero attached hydrogens (tertiary/aromatic N) is 3. The lowest BCUT2D eigenvalue weighted by molar-refractivity contribution is 0.239. The summed E-state index contributed by atoms with van der Waals surface area (Å²) < 4.78 is 18.2. The van der Waals surface area contributed by atoms with Crippen molar-refractivity contribution in [2.75, 3.05) is 19.6 Å². The summed E-state index contributed by atoms with van der Waals surface area (Å²) in [6.45, 7) is 5.45. The number of aromatic nitrogens is 2. The second kappa shape index (κ2) is 6.73. The first-order chi connectivity index (χ1) is 10.1. The van der Waals surface area contributed by atoms with Gasteiger partial charge in [0.1, 0.15) is 5.82 Å². The first kappa shape index (κ1) is 16.9. The Kier molecular flexibility index (Phi) is 5.16. The van der Waals surface area contributed by atoms with E-state index in [0.29, 0.717) is 24.8 Å². The maximum Gasteiger partial charge on any atom is 0.241 e. The van der Waals surface area contributed by atoms with E-state index in [4.69, 9.17) is 10.3 Å². The third-order valence-corrected chi connectivity index (χ3v) is 4.06. The first-order valence-corrected chi connectivity index (χ1v) is 7.09. The first-order valence-electron chi connectivity index (χ1n) is 7.09. The Balaban J connectivity index is 0.00000176. The van der Waals surface area contributed by atoms with Crippen LogP contribution in [0.2, 0.25) is 0 Å². The normalized spacial score (nSPS) is 21.8. The number of rotatable bonds is 4. The monoisotopic (exact) mass is 326 g/mol. The van der Waals surface area contributed by atoms with Crippen LogP contribution in [-0.4, -0.2) is 34.7 Å². The minimum Gasteiger partial charge on any atom is -0.338 e. The molecule has 1 atom stereocenters. The van der Waals surface area contributed by atoms with Gasteiger partial charge in [0.05, 0.1) is 6.54 Å². The van der Waals surface area contributed by atoms with Crippen LogP contribution in [0, 0.1) is 11.2 Å². The van der Waals surface area contributed by atoms with Gasteiger partial charge in [-0.3, -0.25) is 4.90 Å². The highest BCUT2D eigenvalue weighted by molar-refractivity contribution is 5.85. The Bertz CT molecular complexity index is 618. The van der Waals surface area contributed by atoms with E-state index in [0.717, 1.165) is 25.1 Å². The summed E-state index contributed by atoms with van der Waals surface area (Å²) in [7, 11) is 0. The van der Waals surface area contributed by atoms with Crippen molar-refractivity contribution >= 4 is 12.4 Å². The summed E-state index contributed by atoms with van der Waals surface area (Å²) in [6, 6.07) is 6.06. The van der Waals surface area contributed by atoms with Crippen LogP contribution in [0.5, 0.6) is 0 Å².